The summed E-state index contributed by atoms with van der Waals surface area (Å²) in [4.78, 5) is 12.0. The lowest BCUT2D eigenvalue weighted by Gasteiger charge is -2.10. The van der Waals surface area contributed by atoms with Gasteiger partial charge in [0.1, 0.15) is 0 Å². The Kier molecular flexibility index (Phi) is 5.08. The summed E-state index contributed by atoms with van der Waals surface area (Å²) in [5, 5.41) is 11.8. The summed E-state index contributed by atoms with van der Waals surface area (Å²) in [6.45, 7) is 0.204. The molecule has 1 amide bonds. The van der Waals surface area contributed by atoms with Crippen LogP contribution in [-0.4, -0.2) is 29.1 Å². The Bertz CT molecular complexity index is 403. The van der Waals surface area contributed by atoms with Crippen molar-refractivity contribution in [3.8, 4) is 0 Å². The minimum Gasteiger partial charge on any atom is -0.396 e. The molecule has 2 N–H and O–H groups in total. The molecule has 0 saturated carbocycles. The van der Waals surface area contributed by atoms with Gasteiger partial charge < -0.3 is 10.4 Å². The number of thioether (sulfide) groups is 1. The van der Waals surface area contributed by atoms with Gasteiger partial charge in [-0.3, -0.25) is 4.79 Å². The van der Waals surface area contributed by atoms with E-state index in [9.17, 15) is 4.79 Å². The Morgan fingerprint density at radius 2 is 2.39 bits per heavy atom. The lowest BCUT2D eigenvalue weighted by Crippen LogP contribution is -2.22. The SMILES string of the molecule is O=C(Nc1cccc(CCCO)c1)C1CCSC1. The molecule has 0 bridgehead atoms. The van der Waals surface area contributed by atoms with Crippen LogP contribution in [0.25, 0.3) is 0 Å². The largest absolute Gasteiger partial charge is 0.396 e. The van der Waals surface area contributed by atoms with Gasteiger partial charge in [0.2, 0.25) is 5.91 Å². The van der Waals surface area contributed by atoms with Crippen LogP contribution in [0.1, 0.15) is 18.4 Å². The molecule has 0 aromatic heterocycles. The lowest BCUT2D eigenvalue weighted by molar-refractivity contribution is -0.119. The number of benzene rings is 1. The molecule has 0 spiro atoms. The van der Waals surface area contributed by atoms with E-state index in [1.807, 2.05) is 36.0 Å². The molecule has 1 aromatic rings. The minimum absolute atomic E-state index is 0.138. The van der Waals surface area contributed by atoms with E-state index in [1.54, 1.807) is 0 Å². The summed E-state index contributed by atoms with van der Waals surface area (Å²) in [7, 11) is 0. The van der Waals surface area contributed by atoms with E-state index in [0.29, 0.717) is 0 Å². The fourth-order valence-corrected chi connectivity index (χ4v) is 3.29. The van der Waals surface area contributed by atoms with Crippen LogP contribution in [0, 0.1) is 5.92 Å². The molecule has 0 radical (unpaired) electrons. The molecule has 1 aliphatic heterocycles. The number of nitrogens with one attached hydrogen (secondary N) is 1. The number of carbonyl (C=O) groups excluding carboxylic acids is 1. The summed E-state index contributed by atoms with van der Waals surface area (Å²) in [6, 6.07) is 7.89. The van der Waals surface area contributed by atoms with Crippen molar-refractivity contribution in [2.24, 2.45) is 5.92 Å². The average Bonchev–Trinajstić information content (AvgIpc) is 2.91. The highest BCUT2D eigenvalue weighted by molar-refractivity contribution is 7.99. The Morgan fingerprint density at radius 1 is 1.50 bits per heavy atom. The zero-order chi connectivity index (χ0) is 12.8. The molecule has 1 aromatic carbocycles. The van der Waals surface area contributed by atoms with Gasteiger partial charge in [0.05, 0.1) is 0 Å². The lowest BCUT2D eigenvalue weighted by atomic mass is 10.1. The van der Waals surface area contributed by atoms with Crippen LogP contribution in [0.15, 0.2) is 24.3 Å². The minimum atomic E-state index is 0.138. The fraction of sp³-hybridized carbons (Fsp3) is 0.500. The van der Waals surface area contributed by atoms with Crippen molar-refractivity contribution in [1.82, 2.24) is 0 Å². The van der Waals surface area contributed by atoms with Gasteiger partial charge in [-0.05, 0) is 42.7 Å². The monoisotopic (exact) mass is 265 g/mol. The van der Waals surface area contributed by atoms with Gasteiger partial charge in [0.25, 0.3) is 0 Å². The molecule has 1 atom stereocenters. The third kappa shape index (κ3) is 3.75. The summed E-state index contributed by atoms with van der Waals surface area (Å²) in [6.07, 6.45) is 2.59. The molecule has 0 aliphatic carbocycles. The quantitative estimate of drug-likeness (QED) is 0.859. The van der Waals surface area contributed by atoms with Gasteiger partial charge in [-0.2, -0.15) is 11.8 Å². The van der Waals surface area contributed by atoms with E-state index in [-0.39, 0.29) is 18.4 Å². The van der Waals surface area contributed by atoms with Gasteiger partial charge in [-0.1, -0.05) is 12.1 Å². The van der Waals surface area contributed by atoms with Crippen LogP contribution in [0.5, 0.6) is 0 Å². The molecule has 98 valence electrons. The van der Waals surface area contributed by atoms with Gasteiger partial charge in [-0.25, -0.2) is 0 Å². The summed E-state index contributed by atoms with van der Waals surface area (Å²) in [5.74, 6) is 2.33. The number of aryl methyl sites for hydroxylation is 1. The number of hydrogen-bond acceptors (Lipinski definition) is 3. The van der Waals surface area contributed by atoms with Crippen LogP contribution in [0.4, 0.5) is 5.69 Å². The van der Waals surface area contributed by atoms with Crippen LogP contribution in [0.2, 0.25) is 0 Å². The highest BCUT2D eigenvalue weighted by atomic mass is 32.2. The first-order chi connectivity index (χ1) is 8.79. The fourth-order valence-electron chi connectivity index (χ4n) is 2.07. The summed E-state index contributed by atoms with van der Waals surface area (Å²) >= 11 is 1.85. The zero-order valence-corrected chi connectivity index (χ0v) is 11.2. The first-order valence-electron chi connectivity index (χ1n) is 6.38. The van der Waals surface area contributed by atoms with E-state index in [1.165, 1.54) is 0 Å². The number of rotatable bonds is 5. The highest BCUT2D eigenvalue weighted by Gasteiger charge is 2.22. The van der Waals surface area contributed by atoms with Gasteiger partial charge in [0, 0.05) is 24.0 Å². The van der Waals surface area contributed by atoms with Crippen molar-refractivity contribution >= 4 is 23.4 Å². The number of amides is 1. The molecule has 18 heavy (non-hydrogen) atoms. The van der Waals surface area contributed by atoms with Crippen molar-refractivity contribution in [3.63, 3.8) is 0 Å². The van der Waals surface area contributed by atoms with Crippen molar-refractivity contribution < 1.29 is 9.90 Å². The van der Waals surface area contributed by atoms with Gasteiger partial charge >= 0.3 is 0 Å². The van der Waals surface area contributed by atoms with E-state index < -0.39 is 0 Å². The highest BCUT2D eigenvalue weighted by Crippen LogP contribution is 2.24. The van der Waals surface area contributed by atoms with Crippen molar-refractivity contribution in [1.29, 1.82) is 0 Å². The first-order valence-corrected chi connectivity index (χ1v) is 7.53. The standard InChI is InChI=1S/C14H19NO2S/c16-7-2-4-11-3-1-5-13(9-11)15-14(17)12-6-8-18-10-12/h1,3,5,9,12,16H,2,4,6-8,10H2,(H,15,17). The van der Waals surface area contributed by atoms with Crippen LogP contribution in [-0.2, 0) is 11.2 Å². The predicted molar refractivity (Wildman–Crippen MR) is 75.9 cm³/mol. The third-order valence-corrected chi connectivity index (χ3v) is 4.28. The average molecular weight is 265 g/mol. The number of aliphatic hydroxyl groups excluding tert-OH is 1. The van der Waals surface area contributed by atoms with Crippen LogP contribution >= 0.6 is 11.8 Å². The molecule has 1 aliphatic rings. The number of aliphatic hydroxyl groups is 1. The van der Waals surface area contributed by atoms with E-state index >= 15 is 0 Å². The topological polar surface area (TPSA) is 49.3 Å². The molecular weight excluding hydrogens is 246 g/mol. The number of hydrogen-bond donors (Lipinski definition) is 2. The molecule has 4 heteroatoms. The normalized spacial score (nSPS) is 18.8. The molecule has 1 heterocycles. The van der Waals surface area contributed by atoms with Gasteiger partial charge in [0.15, 0.2) is 0 Å². The molecular formula is C14H19NO2S. The second-order valence-electron chi connectivity index (χ2n) is 4.58. The Hall–Kier alpha value is -1.00. The van der Waals surface area contributed by atoms with E-state index in [4.69, 9.17) is 5.11 Å². The van der Waals surface area contributed by atoms with E-state index in [2.05, 4.69) is 5.32 Å². The zero-order valence-electron chi connectivity index (χ0n) is 10.4. The second-order valence-corrected chi connectivity index (χ2v) is 5.73. The summed E-state index contributed by atoms with van der Waals surface area (Å²) in [5.41, 5.74) is 2.02. The van der Waals surface area contributed by atoms with Crippen LogP contribution < -0.4 is 5.32 Å². The first kappa shape index (κ1) is 13.4. The maximum atomic E-state index is 12.0. The van der Waals surface area contributed by atoms with E-state index in [0.717, 1.165) is 42.0 Å². The Morgan fingerprint density at radius 3 is 3.11 bits per heavy atom. The third-order valence-electron chi connectivity index (χ3n) is 3.12. The molecule has 1 unspecified atom stereocenters. The second kappa shape index (κ2) is 6.81. The number of carbonyl (C=O) groups is 1. The molecule has 1 saturated heterocycles. The van der Waals surface area contributed by atoms with Crippen molar-refractivity contribution in [2.45, 2.75) is 19.3 Å². The maximum Gasteiger partial charge on any atom is 0.228 e. The predicted octanol–water partition coefficient (Wildman–Crippen LogP) is 2.30. The maximum absolute atomic E-state index is 12.0. The Balaban J connectivity index is 1.93. The van der Waals surface area contributed by atoms with Gasteiger partial charge in [-0.15, -0.1) is 0 Å². The molecule has 2 rings (SSSR count). The van der Waals surface area contributed by atoms with Crippen molar-refractivity contribution in [2.75, 3.05) is 23.4 Å². The summed E-state index contributed by atoms with van der Waals surface area (Å²) < 4.78 is 0. The van der Waals surface area contributed by atoms with Crippen molar-refractivity contribution in [3.05, 3.63) is 29.8 Å². The molecule has 1 fully saturated rings. The van der Waals surface area contributed by atoms with Crippen LogP contribution in [0.3, 0.4) is 0 Å². The molecule has 3 nitrogen and oxygen atoms in total. The Labute approximate surface area is 112 Å². The number of anilines is 1. The smallest absolute Gasteiger partial charge is 0.228 e.